The number of hydrogen-bond donors (Lipinski definition) is 1. The molecule has 0 radical (unpaired) electrons. The molecule has 1 N–H and O–H groups in total. The van der Waals surface area contributed by atoms with Crippen LogP contribution in [0.2, 0.25) is 0 Å². The summed E-state index contributed by atoms with van der Waals surface area (Å²) in [4.78, 5) is 13.1. The third-order valence-electron chi connectivity index (χ3n) is 2.85. The van der Waals surface area contributed by atoms with Gasteiger partial charge in [0.2, 0.25) is 0 Å². The first-order chi connectivity index (χ1) is 9.42. The van der Waals surface area contributed by atoms with Crippen molar-refractivity contribution in [3.63, 3.8) is 0 Å². The van der Waals surface area contributed by atoms with Gasteiger partial charge in [0.05, 0.1) is 12.2 Å². The third kappa shape index (κ3) is 5.67. The maximum absolute atomic E-state index is 13.4. The second-order valence-electron chi connectivity index (χ2n) is 5.28. The van der Waals surface area contributed by atoms with Crippen molar-refractivity contribution in [2.24, 2.45) is 5.92 Å². The molecule has 0 saturated heterocycles. The van der Waals surface area contributed by atoms with Gasteiger partial charge in [-0.25, -0.2) is 9.18 Å². The molecule has 0 aliphatic rings. The van der Waals surface area contributed by atoms with Gasteiger partial charge in [-0.2, -0.15) is 0 Å². The summed E-state index contributed by atoms with van der Waals surface area (Å²) in [6.07, 6.45) is 0. The zero-order valence-corrected chi connectivity index (χ0v) is 12.2. The summed E-state index contributed by atoms with van der Waals surface area (Å²) in [5.41, 5.74) is 0.649. The molecular formula is C15H22FNO3. The summed E-state index contributed by atoms with van der Waals surface area (Å²) < 4.78 is 18.5. The van der Waals surface area contributed by atoms with Crippen LogP contribution in [0.5, 0.6) is 0 Å². The van der Waals surface area contributed by atoms with Crippen molar-refractivity contribution < 1.29 is 19.0 Å². The van der Waals surface area contributed by atoms with E-state index in [2.05, 4.69) is 18.7 Å². The zero-order valence-electron chi connectivity index (χ0n) is 12.2. The number of benzene rings is 1. The fourth-order valence-electron chi connectivity index (χ4n) is 2.10. The van der Waals surface area contributed by atoms with E-state index in [1.807, 2.05) is 0 Å². The quantitative estimate of drug-likeness (QED) is 0.797. The van der Waals surface area contributed by atoms with Crippen LogP contribution in [0.3, 0.4) is 0 Å². The Morgan fingerprint density at radius 3 is 2.65 bits per heavy atom. The number of hydrogen-bond acceptors (Lipinski definition) is 3. The third-order valence-corrected chi connectivity index (χ3v) is 2.85. The predicted molar refractivity (Wildman–Crippen MR) is 75.4 cm³/mol. The standard InChI is InChI=1S/C15H22FNO3/c1-11(2)9-17(4-5-20-3)10-12-6-13(15(18)19)8-14(16)7-12/h6-8,11H,4-5,9-10H2,1-3H3,(H,18,19). The van der Waals surface area contributed by atoms with E-state index >= 15 is 0 Å². The maximum atomic E-state index is 13.4. The molecule has 1 aromatic rings. The molecule has 0 heterocycles. The Labute approximate surface area is 119 Å². The summed E-state index contributed by atoms with van der Waals surface area (Å²) in [5.74, 6) is -1.16. The lowest BCUT2D eigenvalue weighted by molar-refractivity contribution is 0.0696. The van der Waals surface area contributed by atoms with Crippen LogP contribution in [0.15, 0.2) is 18.2 Å². The number of nitrogens with zero attached hydrogens (tertiary/aromatic N) is 1. The number of ether oxygens (including phenoxy) is 1. The molecule has 20 heavy (non-hydrogen) atoms. The summed E-state index contributed by atoms with van der Waals surface area (Å²) in [7, 11) is 1.64. The first-order valence-electron chi connectivity index (χ1n) is 6.66. The molecule has 0 aliphatic carbocycles. The lowest BCUT2D eigenvalue weighted by Gasteiger charge is -2.24. The lowest BCUT2D eigenvalue weighted by atomic mass is 10.1. The van der Waals surface area contributed by atoms with Gasteiger partial charge in [0.1, 0.15) is 5.82 Å². The number of methoxy groups -OCH3 is 1. The van der Waals surface area contributed by atoms with Gasteiger partial charge in [-0.15, -0.1) is 0 Å². The second kappa shape index (κ2) is 7.97. The maximum Gasteiger partial charge on any atom is 0.335 e. The van der Waals surface area contributed by atoms with Crippen LogP contribution in [0.25, 0.3) is 0 Å². The van der Waals surface area contributed by atoms with Crippen LogP contribution in [-0.4, -0.2) is 42.8 Å². The smallest absolute Gasteiger partial charge is 0.335 e. The number of carboxylic acid groups (broad SMARTS) is 1. The van der Waals surface area contributed by atoms with E-state index in [0.29, 0.717) is 24.6 Å². The Hall–Kier alpha value is -1.46. The van der Waals surface area contributed by atoms with Crippen LogP contribution in [0, 0.1) is 11.7 Å². The second-order valence-corrected chi connectivity index (χ2v) is 5.28. The van der Waals surface area contributed by atoms with Gasteiger partial charge in [0.15, 0.2) is 0 Å². The molecule has 0 fully saturated rings. The normalized spacial score (nSPS) is 11.3. The van der Waals surface area contributed by atoms with Crippen LogP contribution < -0.4 is 0 Å². The first kappa shape index (κ1) is 16.6. The summed E-state index contributed by atoms with van der Waals surface area (Å²) in [5, 5.41) is 8.95. The SMILES string of the molecule is COCCN(Cc1cc(F)cc(C(=O)O)c1)CC(C)C. The van der Waals surface area contributed by atoms with Crippen molar-refractivity contribution in [3.8, 4) is 0 Å². The van der Waals surface area contributed by atoms with Crippen molar-refractivity contribution in [2.75, 3.05) is 26.8 Å². The van der Waals surface area contributed by atoms with Crippen LogP contribution in [0.4, 0.5) is 4.39 Å². The minimum atomic E-state index is -1.11. The molecule has 0 atom stereocenters. The molecule has 1 rings (SSSR count). The summed E-state index contributed by atoms with van der Waals surface area (Å²) >= 11 is 0. The number of aromatic carboxylic acids is 1. The average molecular weight is 283 g/mol. The van der Waals surface area contributed by atoms with Crippen molar-refractivity contribution in [2.45, 2.75) is 20.4 Å². The molecule has 5 heteroatoms. The highest BCUT2D eigenvalue weighted by atomic mass is 19.1. The first-order valence-corrected chi connectivity index (χ1v) is 6.66. The zero-order chi connectivity index (χ0) is 15.1. The van der Waals surface area contributed by atoms with Crippen LogP contribution in [0.1, 0.15) is 29.8 Å². The van der Waals surface area contributed by atoms with Gasteiger partial charge in [-0.05, 0) is 29.7 Å². The molecule has 0 aromatic heterocycles. The molecule has 4 nitrogen and oxygen atoms in total. The van der Waals surface area contributed by atoms with Crippen molar-refractivity contribution in [3.05, 3.63) is 35.1 Å². The molecule has 0 unspecified atom stereocenters. The lowest BCUT2D eigenvalue weighted by Crippen LogP contribution is -2.30. The topological polar surface area (TPSA) is 49.8 Å². The highest BCUT2D eigenvalue weighted by Gasteiger charge is 2.12. The van der Waals surface area contributed by atoms with Gasteiger partial charge in [-0.1, -0.05) is 13.8 Å². The Morgan fingerprint density at radius 1 is 1.40 bits per heavy atom. The van der Waals surface area contributed by atoms with Gasteiger partial charge in [0.25, 0.3) is 0 Å². The molecule has 112 valence electrons. The fourth-order valence-corrected chi connectivity index (χ4v) is 2.10. The monoisotopic (exact) mass is 283 g/mol. The van der Waals surface area contributed by atoms with E-state index in [1.165, 1.54) is 12.1 Å². The summed E-state index contributed by atoms with van der Waals surface area (Å²) in [6.45, 7) is 6.89. The van der Waals surface area contributed by atoms with Crippen LogP contribution in [-0.2, 0) is 11.3 Å². The Morgan fingerprint density at radius 2 is 2.10 bits per heavy atom. The number of halogens is 1. The van der Waals surface area contributed by atoms with Crippen LogP contribution >= 0.6 is 0 Å². The van der Waals surface area contributed by atoms with Crippen molar-refractivity contribution in [1.82, 2.24) is 4.90 Å². The van der Waals surface area contributed by atoms with E-state index in [0.717, 1.165) is 19.2 Å². The Bertz CT molecular complexity index is 449. The molecule has 0 bridgehead atoms. The molecule has 0 spiro atoms. The number of carboxylic acids is 1. The van der Waals surface area contributed by atoms with E-state index in [1.54, 1.807) is 7.11 Å². The van der Waals surface area contributed by atoms with Gasteiger partial charge >= 0.3 is 5.97 Å². The van der Waals surface area contributed by atoms with Crippen molar-refractivity contribution in [1.29, 1.82) is 0 Å². The van der Waals surface area contributed by atoms with Crippen molar-refractivity contribution >= 4 is 5.97 Å². The molecule has 0 aliphatic heterocycles. The van der Waals surface area contributed by atoms with E-state index in [4.69, 9.17) is 9.84 Å². The molecular weight excluding hydrogens is 261 g/mol. The molecule has 0 amide bonds. The van der Waals surface area contributed by atoms with Gasteiger partial charge in [0, 0.05) is 26.7 Å². The van der Waals surface area contributed by atoms with E-state index in [-0.39, 0.29) is 5.56 Å². The molecule has 1 aromatic carbocycles. The predicted octanol–water partition coefficient (Wildman–Crippen LogP) is 2.63. The average Bonchev–Trinajstić information content (AvgIpc) is 2.34. The van der Waals surface area contributed by atoms with E-state index in [9.17, 15) is 9.18 Å². The Balaban J connectivity index is 2.83. The largest absolute Gasteiger partial charge is 0.478 e. The van der Waals surface area contributed by atoms with Gasteiger partial charge < -0.3 is 9.84 Å². The van der Waals surface area contributed by atoms with Gasteiger partial charge in [-0.3, -0.25) is 4.90 Å². The molecule has 0 saturated carbocycles. The number of rotatable bonds is 8. The summed E-state index contributed by atoms with van der Waals surface area (Å²) in [6, 6.07) is 3.94. The highest BCUT2D eigenvalue weighted by Crippen LogP contribution is 2.13. The minimum Gasteiger partial charge on any atom is -0.478 e. The Kier molecular flexibility index (Phi) is 6.61. The number of carbonyl (C=O) groups is 1. The highest BCUT2D eigenvalue weighted by molar-refractivity contribution is 5.87. The minimum absolute atomic E-state index is 0.0174. The van der Waals surface area contributed by atoms with E-state index < -0.39 is 11.8 Å². The fraction of sp³-hybridized carbons (Fsp3) is 0.533.